The second kappa shape index (κ2) is 9.57. The molecule has 30 heavy (non-hydrogen) atoms. The Balaban J connectivity index is 1.53. The van der Waals surface area contributed by atoms with E-state index in [4.69, 9.17) is 14.5 Å². The van der Waals surface area contributed by atoms with E-state index in [0.29, 0.717) is 18.0 Å². The molecule has 5 heteroatoms. The first kappa shape index (κ1) is 20.1. The van der Waals surface area contributed by atoms with E-state index >= 15 is 0 Å². The van der Waals surface area contributed by atoms with Gasteiger partial charge in [0.2, 0.25) is 0 Å². The molecule has 3 aromatic carbocycles. The van der Waals surface area contributed by atoms with Gasteiger partial charge in [-0.1, -0.05) is 60.7 Å². The van der Waals surface area contributed by atoms with Crippen LogP contribution in [0.15, 0.2) is 84.2 Å². The van der Waals surface area contributed by atoms with Crippen LogP contribution in [0.25, 0.3) is 10.6 Å². The summed E-state index contributed by atoms with van der Waals surface area (Å²) >= 11 is 1.63. The average molecular weight is 417 g/mol. The molecule has 1 aromatic heterocycles. The minimum atomic E-state index is 0.110. The summed E-state index contributed by atoms with van der Waals surface area (Å²) in [7, 11) is 3.28. The molecule has 0 fully saturated rings. The number of hydrogen-bond donors (Lipinski definition) is 1. The first-order valence-corrected chi connectivity index (χ1v) is 10.7. The third kappa shape index (κ3) is 4.53. The quantitative estimate of drug-likeness (QED) is 0.400. The van der Waals surface area contributed by atoms with Crippen molar-refractivity contribution in [1.29, 1.82) is 0 Å². The first-order valence-electron chi connectivity index (χ1n) is 9.78. The van der Waals surface area contributed by atoms with Gasteiger partial charge in [0, 0.05) is 17.5 Å². The maximum Gasteiger partial charge on any atom is 0.161 e. The molecule has 0 radical (unpaired) electrons. The van der Waals surface area contributed by atoms with Gasteiger partial charge in [-0.15, -0.1) is 11.3 Å². The molecule has 0 aliphatic rings. The molecule has 0 amide bonds. The Morgan fingerprint density at radius 3 is 2.07 bits per heavy atom. The highest BCUT2D eigenvalue weighted by atomic mass is 32.1. The second-order valence-electron chi connectivity index (χ2n) is 6.85. The number of ether oxygens (including phenoxy) is 2. The van der Waals surface area contributed by atoms with Gasteiger partial charge >= 0.3 is 0 Å². The lowest BCUT2D eigenvalue weighted by Gasteiger charge is -2.19. The average Bonchev–Trinajstić information content (AvgIpc) is 3.29. The number of rotatable bonds is 8. The van der Waals surface area contributed by atoms with E-state index in [0.717, 1.165) is 16.3 Å². The molecule has 152 valence electrons. The van der Waals surface area contributed by atoms with Gasteiger partial charge in [-0.2, -0.15) is 0 Å². The predicted molar refractivity (Wildman–Crippen MR) is 122 cm³/mol. The summed E-state index contributed by atoms with van der Waals surface area (Å²) in [6, 6.07) is 27.0. The molecule has 0 saturated heterocycles. The predicted octanol–water partition coefficient (Wildman–Crippen LogP) is 5.71. The molecule has 4 aromatic rings. The Bertz CT molecular complexity index is 1040. The smallest absolute Gasteiger partial charge is 0.161 e. The Hall–Kier alpha value is -3.15. The third-order valence-corrected chi connectivity index (χ3v) is 5.88. The fourth-order valence-corrected chi connectivity index (χ4v) is 4.23. The van der Waals surface area contributed by atoms with Crippen LogP contribution in [0.1, 0.15) is 22.9 Å². The Labute approximate surface area is 181 Å². The maximum atomic E-state index is 5.42. The van der Waals surface area contributed by atoms with E-state index in [-0.39, 0.29) is 6.04 Å². The SMILES string of the molecule is COc1ccc(-c2nc(CNC(c3ccccc3)c3ccccc3)cs2)cc1OC. The minimum Gasteiger partial charge on any atom is -0.493 e. The molecule has 0 aliphatic carbocycles. The zero-order chi connectivity index (χ0) is 20.8. The number of hydrogen-bond acceptors (Lipinski definition) is 5. The summed E-state index contributed by atoms with van der Waals surface area (Å²) < 4.78 is 10.8. The highest BCUT2D eigenvalue weighted by molar-refractivity contribution is 7.13. The molecule has 1 N–H and O–H groups in total. The standard InChI is InChI=1S/C25H24N2O2S/c1-28-22-14-13-20(15-23(22)29-2)25-27-21(17-30-25)16-26-24(18-9-5-3-6-10-18)19-11-7-4-8-12-19/h3-15,17,24,26H,16H2,1-2H3. The minimum absolute atomic E-state index is 0.110. The highest BCUT2D eigenvalue weighted by Gasteiger charge is 2.15. The topological polar surface area (TPSA) is 43.4 Å². The van der Waals surface area contributed by atoms with Gasteiger partial charge in [-0.05, 0) is 29.3 Å². The van der Waals surface area contributed by atoms with Crippen molar-refractivity contribution in [3.63, 3.8) is 0 Å². The number of thiazole rings is 1. The molecule has 0 spiro atoms. The van der Waals surface area contributed by atoms with Crippen LogP contribution >= 0.6 is 11.3 Å². The van der Waals surface area contributed by atoms with Crippen molar-refractivity contribution in [2.45, 2.75) is 12.6 Å². The summed E-state index contributed by atoms with van der Waals surface area (Å²) in [6.45, 7) is 0.679. The van der Waals surface area contributed by atoms with Crippen LogP contribution in [-0.2, 0) is 6.54 Å². The van der Waals surface area contributed by atoms with Gasteiger partial charge in [0.05, 0.1) is 26.0 Å². The third-order valence-electron chi connectivity index (χ3n) is 4.94. The molecule has 0 bridgehead atoms. The van der Waals surface area contributed by atoms with Crippen LogP contribution < -0.4 is 14.8 Å². The van der Waals surface area contributed by atoms with Crippen molar-refractivity contribution in [3.8, 4) is 22.1 Å². The molecule has 0 saturated carbocycles. The van der Waals surface area contributed by atoms with Crippen molar-refractivity contribution in [3.05, 3.63) is 101 Å². The van der Waals surface area contributed by atoms with Gasteiger partial charge < -0.3 is 14.8 Å². The summed E-state index contributed by atoms with van der Waals surface area (Å²) in [5, 5.41) is 6.74. The van der Waals surface area contributed by atoms with Gasteiger partial charge in [-0.25, -0.2) is 4.98 Å². The fourth-order valence-electron chi connectivity index (χ4n) is 3.42. The second-order valence-corrected chi connectivity index (χ2v) is 7.71. The molecule has 0 aliphatic heterocycles. The van der Waals surface area contributed by atoms with Crippen molar-refractivity contribution < 1.29 is 9.47 Å². The largest absolute Gasteiger partial charge is 0.493 e. The molecule has 4 rings (SSSR count). The van der Waals surface area contributed by atoms with Gasteiger partial charge in [0.15, 0.2) is 11.5 Å². The number of benzene rings is 3. The molecule has 4 nitrogen and oxygen atoms in total. The number of aromatic nitrogens is 1. The molecule has 1 heterocycles. The summed E-state index contributed by atoms with van der Waals surface area (Å²) in [5.74, 6) is 1.42. The van der Waals surface area contributed by atoms with Crippen molar-refractivity contribution >= 4 is 11.3 Å². The van der Waals surface area contributed by atoms with E-state index in [1.54, 1.807) is 25.6 Å². The molecular formula is C25H24N2O2S. The van der Waals surface area contributed by atoms with Crippen molar-refractivity contribution in [2.24, 2.45) is 0 Å². The number of nitrogens with one attached hydrogen (secondary N) is 1. The van der Waals surface area contributed by atoms with Crippen LogP contribution in [0.3, 0.4) is 0 Å². The Morgan fingerprint density at radius 2 is 1.47 bits per heavy atom. The fraction of sp³-hybridized carbons (Fsp3) is 0.160. The number of methoxy groups -OCH3 is 2. The maximum absolute atomic E-state index is 5.42. The molecular weight excluding hydrogens is 392 g/mol. The Morgan fingerprint density at radius 1 is 0.833 bits per heavy atom. The lowest BCUT2D eigenvalue weighted by molar-refractivity contribution is 0.355. The number of nitrogens with zero attached hydrogens (tertiary/aromatic N) is 1. The summed E-state index contributed by atoms with van der Waals surface area (Å²) in [6.07, 6.45) is 0. The van der Waals surface area contributed by atoms with Crippen LogP contribution in [-0.4, -0.2) is 19.2 Å². The normalized spacial score (nSPS) is 10.9. The van der Waals surface area contributed by atoms with Crippen LogP contribution in [0.5, 0.6) is 11.5 Å². The van der Waals surface area contributed by atoms with Gasteiger partial charge in [0.25, 0.3) is 0 Å². The lowest BCUT2D eigenvalue weighted by Crippen LogP contribution is -2.22. The molecule has 0 unspecified atom stereocenters. The van der Waals surface area contributed by atoms with E-state index in [2.05, 4.69) is 59.2 Å². The van der Waals surface area contributed by atoms with E-state index in [9.17, 15) is 0 Å². The van der Waals surface area contributed by atoms with Crippen molar-refractivity contribution in [1.82, 2.24) is 10.3 Å². The van der Waals surface area contributed by atoms with Crippen LogP contribution in [0, 0.1) is 0 Å². The van der Waals surface area contributed by atoms with Crippen LogP contribution in [0.4, 0.5) is 0 Å². The summed E-state index contributed by atoms with van der Waals surface area (Å²) in [4.78, 5) is 4.83. The van der Waals surface area contributed by atoms with E-state index in [1.165, 1.54) is 11.1 Å². The zero-order valence-corrected chi connectivity index (χ0v) is 17.9. The Kier molecular flexibility index (Phi) is 6.42. The van der Waals surface area contributed by atoms with Crippen molar-refractivity contribution in [2.75, 3.05) is 14.2 Å². The van der Waals surface area contributed by atoms with E-state index in [1.807, 2.05) is 30.3 Å². The van der Waals surface area contributed by atoms with Crippen LogP contribution in [0.2, 0.25) is 0 Å². The molecule has 0 atom stereocenters. The zero-order valence-electron chi connectivity index (χ0n) is 17.0. The lowest BCUT2D eigenvalue weighted by atomic mass is 9.99. The van der Waals surface area contributed by atoms with E-state index < -0.39 is 0 Å². The first-order chi connectivity index (χ1) is 14.8. The van der Waals surface area contributed by atoms with Gasteiger partial charge in [0.1, 0.15) is 5.01 Å². The summed E-state index contributed by atoms with van der Waals surface area (Å²) in [5.41, 5.74) is 4.51. The monoisotopic (exact) mass is 416 g/mol. The highest BCUT2D eigenvalue weighted by Crippen LogP contribution is 2.33. The van der Waals surface area contributed by atoms with Gasteiger partial charge in [-0.3, -0.25) is 0 Å².